The third kappa shape index (κ3) is 9.90. The molecule has 2 aliphatic heterocycles. The lowest BCUT2D eigenvalue weighted by Crippen LogP contribution is -2.16. The number of carbonyl (C=O) groups excluding carboxylic acids is 2. The molecule has 0 aromatic heterocycles. The fourth-order valence-corrected chi connectivity index (χ4v) is 7.15. The van der Waals surface area contributed by atoms with Gasteiger partial charge in [-0.05, 0) is 96.5 Å². The van der Waals surface area contributed by atoms with E-state index in [-0.39, 0.29) is 22.6 Å². The molecule has 2 fully saturated rings. The number of esters is 2. The van der Waals surface area contributed by atoms with Crippen LogP contribution in [0, 0.1) is 11.6 Å². The van der Waals surface area contributed by atoms with Crippen molar-refractivity contribution in [1.82, 2.24) is 0 Å². The minimum absolute atomic E-state index is 0.191. The summed E-state index contributed by atoms with van der Waals surface area (Å²) < 4.78 is 63.2. The second-order valence-electron chi connectivity index (χ2n) is 15.1. The highest BCUT2D eigenvalue weighted by molar-refractivity contribution is 5.93. The Morgan fingerprint density at radius 1 is 0.582 bits per heavy atom. The number of hydrogen-bond donors (Lipinski definition) is 0. The third-order valence-electron chi connectivity index (χ3n) is 10.5. The highest BCUT2D eigenvalue weighted by Gasteiger charge is 2.36. The van der Waals surface area contributed by atoms with Crippen molar-refractivity contribution >= 4 is 11.9 Å². The van der Waals surface area contributed by atoms with Crippen molar-refractivity contribution in [3.8, 4) is 34.1 Å². The fourth-order valence-electron chi connectivity index (χ4n) is 7.15. The van der Waals surface area contributed by atoms with Gasteiger partial charge in [-0.15, -0.1) is 0 Å². The van der Waals surface area contributed by atoms with Gasteiger partial charge in [0.05, 0.1) is 49.8 Å². The van der Waals surface area contributed by atoms with Gasteiger partial charge in [0.1, 0.15) is 34.6 Å². The summed E-state index contributed by atoms with van der Waals surface area (Å²) in [6.07, 6.45) is 11.4. The van der Waals surface area contributed by atoms with Crippen molar-refractivity contribution in [2.45, 2.75) is 95.7 Å². The summed E-state index contributed by atoms with van der Waals surface area (Å²) in [5.74, 6) is -1.80. The third-order valence-corrected chi connectivity index (χ3v) is 10.5. The first kappa shape index (κ1) is 38.5. The lowest BCUT2D eigenvalue weighted by Gasteiger charge is -2.22. The minimum Gasteiger partial charge on any atom is -0.493 e. The molecule has 55 heavy (non-hydrogen) atoms. The Morgan fingerprint density at radius 3 is 1.38 bits per heavy atom. The molecule has 0 bridgehead atoms. The van der Waals surface area contributed by atoms with Gasteiger partial charge >= 0.3 is 11.9 Å². The zero-order chi connectivity index (χ0) is 38.4. The summed E-state index contributed by atoms with van der Waals surface area (Å²) in [4.78, 5) is 26.1. The molecule has 0 radical (unpaired) electrons. The molecule has 2 saturated heterocycles. The van der Waals surface area contributed by atoms with Crippen LogP contribution < -0.4 is 18.9 Å². The van der Waals surface area contributed by atoms with Gasteiger partial charge in [-0.25, -0.2) is 18.4 Å². The molecule has 0 N–H and O–H groups in total. The maximum atomic E-state index is 15.0. The van der Waals surface area contributed by atoms with Crippen LogP contribution in [0.3, 0.4) is 0 Å². The normalized spacial score (nSPS) is 17.2. The maximum absolute atomic E-state index is 15.0. The van der Waals surface area contributed by atoms with E-state index in [1.165, 1.54) is 24.3 Å². The first-order valence-electron chi connectivity index (χ1n) is 19.5. The largest absolute Gasteiger partial charge is 0.493 e. The first-order chi connectivity index (χ1) is 26.7. The second kappa shape index (κ2) is 17.3. The Morgan fingerprint density at radius 2 is 0.982 bits per heavy atom. The number of unbranched alkanes of at least 4 members (excludes halogenated alkanes) is 6. The average molecular weight is 755 g/mol. The molecular weight excluding hydrogens is 706 g/mol. The number of rotatable bonds is 20. The predicted octanol–water partition coefficient (Wildman–Crippen LogP) is 10.2. The van der Waals surface area contributed by atoms with Crippen molar-refractivity contribution < 1.29 is 46.8 Å². The van der Waals surface area contributed by atoms with Gasteiger partial charge in [-0.2, -0.15) is 0 Å². The smallest absolute Gasteiger partial charge is 0.346 e. The van der Waals surface area contributed by atoms with E-state index >= 15 is 8.78 Å². The Labute approximate surface area is 321 Å². The van der Waals surface area contributed by atoms with Crippen LogP contribution in [0.4, 0.5) is 8.78 Å². The molecule has 10 heteroatoms. The van der Waals surface area contributed by atoms with Gasteiger partial charge in [0.2, 0.25) is 0 Å². The molecular formula is C45H48F2O8. The number of benzene rings is 4. The molecule has 2 atom stereocenters. The Bertz CT molecular complexity index is 1860. The topological polar surface area (TPSA) is 96.1 Å². The Kier molecular flexibility index (Phi) is 12.1. The highest BCUT2D eigenvalue weighted by Crippen LogP contribution is 2.50. The van der Waals surface area contributed by atoms with Crippen LogP contribution in [0.1, 0.15) is 110 Å². The number of epoxide rings is 2. The summed E-state index contributed by atoms with van der Waals surface area (Å²) in [6.45, 7) is 6.74. The van der Waals surface area contributed by atoms with E-state index in [2.05, 4.69) is 0 Å². The van der Waals surface area contributed by atoms with Crippen molar-refractivity contribution in [2.75, 3.05) is 26.4 Å². The molecule has 7 rings (SSSR count). The Hall–Kier alpha value is -4.80. The number of carbonyl (C=O) groups is 2. The van der Waals surface area contributed by atoms with E-state index in [0.29, 0.717) is 36.9 Å². The van der Waals surface area contributed by atoms with Gasteiger partial charge in [-0.3, -0.25) is 0 Å². The summed E-state index contributed by atoms with van der Waals surface area (Å²) >= 11 is 0. The molecule has 4 aromatic rings. The van der Waals surface area contributed by atoms with Crippen LogP contribution in [-0.4, -0.2) is 50.6 Å². The lowest BCUT2D eigenvalue weighted by atomic mass is 9.82. The molecule has 8 nitrogen and oxygen atoms in total. The molecule has 0 spiro atoms. The van der Waals surface area contributed by atoms with E-state index in [4.69, 9.17) is 28.4 Å². The van der Waals surface area contributed by atoms with E-state index in [9.17, 15) is 9.59 Å². The van der Waals surface area contributed by atoms with Crippen molar-refractivity contribution in [3.05, 3.63) is 107 Å². The van der Waals surface area contributed by atoms with Gasteiger partial charge in [-0.1, -0.05) is 64.5 Å². The van der Waals surface area contributed by atoms with Crippen molar-refractivity contribution in [1.29, 1.82) is 0 Å². The molecule has 3 aliphatic rings. The molecule has 1 aliphatic carbocycles. The minimum atomic E-state index is -0.816. The van der Waals surface area contributed by atoms with Gasteiger partial charge in [0.15, 0.2) is 0 Å². The van der Waals surface area contributed by atoms with Crippen LogP contribution in [0.25, 0.3) is 11.1 Å². The second-order valence-corrected chi connectivity index (χ2v) is 15.1. The van der Waals surface area contributed by atoms with E-state index < -0.39 is 29.0 Å². The number of fused-ring (bicyclic) bond motifs is 3. The van der Waals surface area contributed by atoms with E-state index in [1.54, 1.807) is 36.4 Å². The van der Waals surface area contributed by atoms with Gasteiger partial charge < -0.3 is 28.4 Å². The van der Waals surface area contributed by atoms with Gasteiger partial charge in [0, 0.05) is 17.5 Å². The molecule has 290 valence electrons. The Balaban J connectivity index is 0.913. The van der Waals surface area contributed by atoms with Crippen LogP contribution in [0.15, 0.2) is 72.8 Å². The summed E-state index contributed by atoms with van der Waals surface area (Å²) in [5, 5.41) is 0. The standard InChI is InChI=1S/C45H48F2O8/c1-45(2)39-23-31(54-43(48)37-19-13-29(25-41(37)46)50-21-9-5-3-7-11-33-27-52-33)15-17-35(39)36-18-16-32(24-40(36)45)55-44(49)38-20-14-30(26-42(38)47)51-22-10-6-4-8-12-34-28-53-34/h13-20,23-26,33-34H,3-12,21-22,27-28H2,1-2H3. The van der Waals surface area contributed by atoms with E-state index in [0.717, 1.165) is 99.7 Å². The van der Waals surface area contributed by atoms with Crippen molar-refractivity contribution in [2.24, 2.45) is 0 Å². The highest BCUT2D eigenvalue weighted by atomic mass is 19.1. The van der Waals surface area contributed by atoms with Crippen LogP contribution >= 0.6 is 0 Å². The van der Waals surface area contributed by atoms with Crippen molar-refractivity contribution in [3.63, 3.8) is 0 Å². The van der Waals surface area contributed by atoms with Crippen LogP contribution in [0.5, 0.6) is 23.0 Å². The molecule has 4 aromatic carbocycles. The van der Waals surface area contributed by atoms with Crippen LogP contribution in [-0.2, 0) is 14.9 Å². The van der Waals surface area contributed by atoms with Crippen LogP contribution in [0.2, 0.25) is 0 Å². The summed E-state index contributed by atoms with van der Waals surface area (Å²) in [7, 11) is 0. The maximum Gasteiger partial charge on any atom is 0.346 e. The summed E-state index contributed by atoms with van der Waals surface area (Å²) in [6, 6.07) is 18.9. The zero-order valence-corrected chi connectivity index (χ0v) is 31.5. The SMILES string of the molecule is CC1(C)c2cc(OC(=O)c3ccc(OCCCCCCC4CO4)cc3F)ccc2-c2ccc(OC(=O)c3ccc(OCCCCCCC4CO4)cc3F)cc21. The monoisotopic (exact) mass is 754 g/mol. The summed E-state index contributed by atoms with van der Waals surface area (Å²) in [5.41, 5.74) is 2.68. The molecule has 2 heterocycles. The zero-order valence-electron chi connectivity index (χ0n) is 31.5. The van der Waals surface area contributed by atoms with Gasteiger partial charge in [0.25, 0.3) is 0 Å². The average Bonchev–Trinajstić information content (AvgIpc) is 4.11. The van der Waals surface area contributed by atoms with E-state index in [1.807, 2.05) is 26.0 Å². The number of hydrogen-bond acceptors (Lipinski definition) is 8. The first-order valence-corrected chi connectivity index (χ1v) is 19.5. The fraction of sp³-hybridized carbons (Fsp3) is 0.422. The number of ether oxygens (including phenoxy) is 6. The molecule has 0 amide bonds. The lowest BCUT2D eigenvalue weighted by molar-refractivity contribution is 0.0719. The molecule has 0 saturated carbocycles. The number of halogens is 2. The molecule has 2 unspecified atom stereocenters. The quantitative estimate of drug-likeness (QED) is 0.0381. The predicted molar refractivity (Wildman–Crippen MR) is 203 cm³/mol.